The summed E-state index contributed by atoms with van der Waals surface area (Å²) in [6.45, 7) is 3.26. The highest BCUT2D eigenvalue weighted by atomic mass is 19.4. The highest BCUT2D eigenvalue weighted by molar-refractivity contribution is 5.45. The summed E-state index contributed by atoms with van der Waals surface area (Å²) < 4.78 is 49.2. The molecule has 23 heavy (non-hydrogen) atoms. The number of nitro benzene ring substituents is 1. The Morgan fingerprint density at radius 3 is 2.57 bits per heavy atom. The molecule has 0 bridgehead atoms. The lowest BCUT2D eigenvalue weighted by atomic mass is 10.1. The fourth-order valence-corrected chi connectivity index (χ4v) is 1.68. The van der Waals surface area contributed by atoms with Gasteiger partial charge in [0.1, 0.15) is 11.3 Å². The quantitative estimate of drug-likeness (QED) is 0.613. The van der Waals surface area contributed by atoms with E-state index in [-0.39, 0.29) is 18.4 Å². The van der Waals surface area contributed by atoms with E-state index in [2.05, 4.69) is 10.2 Å². The van der Waals surface area contributed by atoms with Crippen molar-refractivity contribution in [2.24, 2.45) is 0 Å². The maximum Gasteiger partial charge on any atom is 0.420 e. The van der Waals surface area contributed by atoms with E-state index >= 15 is 0 Å². The largest absolute Gasteiger partial charge is 0.483 e. The van der Waals surface area contributed by atoms with Crippen LogP contribution >= 0.6 is 0 Å². The number of rotatable bonds is 5. The van der Waals surface area contributed by atoms with Crippen molar-refractivity contribution in [2.45, 2.75) is 32.5 Å². The molecular weight excluding hydrogens is 319 g/mol. The Balaban J connectivity index is 2.23. The normalized spacial score (nSPS) is 11.7. The van der Waals surface area contributed by atoms with Gasteiger partial charge in [-0.25, -0.2) is 0 Å². The fourth-order valence-electron chi connectivity index (χ4n) is 1.68. The summed E-state index contributed by atoms with van der Waals surface area (Å²) in [7, 11) is 0. The molecule has 2 rings (SSSR count). The minimum Gasteiger partial charge on any atom is -0.483 e. The molecule has 7 nitrogen and oxygen atoms in total. The zero-order valence-electron chi connectivity index (χ0n) is 12.1. The van der Waals surface area contributed by atoms with E-state index in [9.17, 15) is 23.3 Å². The first-order valence-corrected chi connectivity index (χ1v) is 6.49. The number of alkyl halides is 3. The Morgan fingerprint density at radius 1 is 1.35 bits per heavy atom. The first-order valence-electron chi connectivity index (χ1n) is 6.49. The molecule has 0 atom stereocenters. The topological polar surface area (TPSA) is 91.3 Å². The van der Waals surface area contributed by atoms with Crippen molar-refractivity contribution in [3.8, 4) is 5.75 Å². The summed E-state index contributed by atoms with van der Waals surface area (Å²) in [5, 5.41) is 18.0. The molecule has 124 valence electrons. The molecule has 0 aliphatic carbocycles. The Morgan fingerprint density at radius 2 is 2.04 bits per heavy atom. The van der Waals surface area contributed by atoms with Gasteiger partial charge in [-0.3, -0.25) is 10.1 Å². The standard InChI is InChI=1S/C13H12F3N3O4/c1-7(2)12-18-17-11(23-12)6-22-10-4-3-8(19(20)21)5-9(10)13(14,15)16/h3-5,7H,6H2,1-2H3. The van der Waals surface area contributed by atoms with Crippen LogP contribution in [-0.2, 0) is 12.8 Å². The molecule has 10 heteroatoms. The van der Waals surface area contributed by atoms with E-state index in [1.165, 1.54) is 0 Å². The lowest BCUT2D eigenvalue weighted by molar-refractivity contribution is -0.385. The van der Waals surface area contributed by atoms with Crippen LogP contribution in [0.1, 0.15) is 37.1 Å². The molecule has 1 heterocycles. The Bertz CT molecular complexity index is 713. The molecule has 0 amide bonds. The fraction of sp³-hybridized carbons (Fsp3) is 0.385. The third kappa shape index (κ3) is 3.96. The predicted octanol–water partition coefficient (Wildman–Crippen LogP) is 3.70. The van der Waals surface area contributed by atoms with Crippen LogP contribution in [0.4, 0.5) is 18.9 Å². The van der Waals surface area contributed by atoms with E-state index in [0.29, 0.717) is 12.0 Å². The van der Waals surface area contributed by atoms with E-state index in [4.69, 9.17) is 9.15 Å². The van der Waals surface area contributed by atoms with E-state index in [0.717, 1.165) is 12.1 Å². The van der Waals surface area contributed by atoms with Crippen molar-refractivity contribution in [1.29, 1.82) is 0 Å². The van der Waals surface area contributed by atoms with Gasteiger partial charge in [-0.05, 0) is 6.07 Å². The number of halogens is 3. The molecule has 0 radical (unpaired) electrons. The second-order valence-corrected chi connectivity index (χ2v) is 4.91. The zero-order valence-corrected chi connectivity index (χ0v) is 12.1. The number of nitro groups is 1. The minimum atomic E-state index is -4.79. The minimum absolute atomic E-state index is 0.0141. The number of non-ortho nitro benzene ring substituents is 1. The van der Waals surface area contributed by atoms with Crippen molar-refractivity contribution in [1.82, 2.24) is 10.2 Å². The molecule has 0 unspecified atom stereocenters. The second kappa shape index (κ2) is 6.23. The molecular formula is C13H12F3N3O4. The first kappa shape index (κ1) is 16.7. The van der Waals surface area contributed by atoms with Crippen molar-refractivity contribution in [3.05, 3.63) is 45.7 Å². The van der Waals surface area contributed by atoms with Crippen molar-refractivity contribution >= 4 is 5.69 Å². The highest BCUT2D eigenvalue weighted by Gasteiger charge is 2.36. The maximum atomic E-state index is 13.0. The number of ether oxygens (including phenoxy) is 1. The highest BCUT2D eigenvalue weighted by Crippen LogP contribution is 2.38. The number of aromatic nitrogens is 2. The molecule has 0 aliphatic heterocycles. The van der Waals surface area contributed by atoms with E-state index in [1.807, 2.05) is 13.8 Å². The van der Waals surface area contributed by atoms with Gasteiger partial charge in [-0.15, -0.1) is 10.2 Å². The summed E-state index contributed by atoms with van der Waals surface area (Å²) in [5.41, 5.74) is -1.92. The number of hydrogen-bond acceptors (Lipinski definition) is 6. The Hall–Kier alpha value is -2.65. The van der Waals surface area contributed by atoms with Gasteiger partial charge in [-0.1, -0.05) is 13.8 Å². The van der Waals surface area contributed by atoms with Gasteiger partial charge in [-0.2, -0.15) is 13.2 Å². The lowest BCUT2D eigenvalue weighted by Gasteiger charge is -2.12. The third-order valence-corrected chi connectivity index (χ3v) is 2.81. The van der Waals surface area contributed by atoms with Crippen LogP contribution in [0.15, 0.2) is 22.6 Å². The van der Waals surface area contributed by atoms with Crippen molar-refractivity contribution in [3.63, 3.8) is 0 Å². The van der Waals surface area contributed by atoms with Crippen LogP contribution in [0.3, 0.4) is 0 Å². The van der Waals surface area contributed by atoms with Crippen LogP contribution in [0.2, 0.25) is 0 Å². The lowest BCUT2D eigenvalue weighted by Crippen LogP contribution is -2.09. The molecule has 1 aromatic heterocycles. The summed E-state index contributed by atoms with van der Waals surface area (Å²) in [6.07, 6.45) is -4.79. The van der Waals surface area contributed by atoms with Crippen molar-refractivity contribution in [2.75, 3.05) is 0 Å². The molecule has 0 spiro atoms. The predicted molar refractivity (Wildman–Crippen MR) is 70.8 cm³/mol. The van der Waals surface area contributed by atoms with Gasteiger partial charge in [0, 0.05) is 18.1 Å². The summed E-state index contributed by atoms with van der Waals surface area (Å²) in [6, 6.07) is 2.24. The third-order valence-electron chi connectivity index (χ3n) is 2.81. The smallest absolute Gasteiger partial charge is 0.420 e. The van der Waals surface area contributed by atoms with Gasteiger partial charge in [0.2, 0.25) is 5.89 Å². The van der Waals surface area contributed by atoms with Crippen LogP contribution in [0.25, 0.3) is 0 Å². The average Bonchev–Trinajstić information content (AvgIpc) is 2.93. The summed E-state index contributed by atoms with van der Waals surface area (Å²) in [4.78, 5) is 9.69. The van der Waals surface area contributed by atoms with Crippen LogP contribution in [-0.4, -0.2) is 15.1 Å². The van der Waals surface area contributed by atoms with Gasteiger partial charge < -0.3 is 9.15 Å². The number of benzene rings is 1. The van der Waals surface area contributed by atoms with Gasteiger partial charge in [0.15, 0.2) is 6.61 Å². The molecule has 0 saturated carbocycles. The molecule has 2 aromatic rings. The van der Waals surface area contributed by atoms with Crippen LogP contribution in [0, 0.1) is 10.1 Å². The van der Waals surface area contributed by atoms with E-state index in [1.54, 1.807) is 0 Å². The molecule has 0 aliphatic rings. The molecule has 0 fully saturated rings. The number of hydrogen-bond donors (Lipinski definition) is 0. The number of nitrogens with zero attached hydrogens (tertiary/aromatic N) is 3. The van der Waals surface area contributed by atoms with Gasteiger partial charge in [0.25, 0.3) is 11.6 Å². The summed E-state index contributed by atoms with van der Waals surface area (Å²) >= 11 is 0. The molecule has 1 aromatic carbocycles. The maximum absolute atomic E-state index is 13.0. The second-order valence-electron chi connectivity index (χ2n) is 4.91. The van der Waals surface area contributed by atoms with Gasteiger partial charge >= 0.3 is 6.18 Å². The Labute approximate surface area is 128 Å². The first-order chi connectivity index (χ1) is 10.7. The molecule has 0 N–H and O–H groups in total. The van der Waals surface area contributed by atoms with Gasteiger partial charge in [0.05, 0.1) is 4.92 Å². The van der Waals surface area contributed by atoms with Crippen LogP contribution in [0.5, 0.6) is 5.75 Å². The average molecular weight is 331 g/mol. The van der Waals surface area contributed by atoms with E-state index < -0.39 is 28.1 Å². The summed E-state index contributed by atoms with van der Waals surface area (Å²) in [5.74, 6) is -0.225. The monoisotopic (exact) mass is 331 g/mol. The zero-order chi connectivity index (χ0) is 17.2. The van der Waals surface area contributed by atoms with Crippen molar-refractivity contribution < 1.29 is 27.2 Å². The SMILES string of the molecule is CC(C)c1nnc(COc2ccc([N+](=O)[O-])cc2C(F)(F)F)o1. The molecule has 0 saturated heterocycles. The van der Waals surface area contributed by atoms with Crippen LogP contribution < -0.4 is 4.74 Å². The Kier molecular flexibility index (Phi) is 4.52.